The predicted molar refractivity (Wildman–Crippen MR) is 104 cm³/mol. The number of piperidine rings is 1. The lowest BCUT2D eigenvalue weighted by atomic mass is 9.93. The van der Waals surface area contributed by atoms with E-state index in [0.717, 1.165) is 32.4 Å². The van der Waals surface area contributed by atoms with E-state index in [4.69, 9.17) is 0 Å². The number of hydrogen-bond acceptors (Lipinski definition) is 5. The van der Waals surface area contributed by atoms with Gasteiger partial charge in [0.25, 0.3) is 5.91 Å². The van der Waals surface area contributed by atoms with Crippen LogP contribution in [0.4, 0.5) is 0 Å². The molecule has 4 rings (SSSR count). The molecule has 1 atom stereocenters. The third kappa shape index (κ3) is 4.14. The molecule has 136 valence electrons. The summed E-state index contributed by atoms with van der Waals surface area (Å²) in [6.45, 7) is 2.78. The molecule has 3 heterocycles. The van der Waals surface area contributed by atoms with E-state index in [2.05, 4.69) is 32.1 Å². The van der Waals surface area contributed by atoms with Crippen LogP contribution in [0.2, 0.25) is 0 Å². The average molecular weight is 401 g/mol. The van der Waals surface area contributed by atoms with Crippen LogP contribution in [0.15, 0.2) is 35.4 Å². The Labute approximate surface area is 164 Å². The molecule has 1 saturated heterocycles. The quantitative estimate of drug-likeness (QED) is 0.855. The van der Waals surface area contributed by atoms with Crippen LogP contribution in [0.25, 0.3) is 0 Å². The number of carbonyl (C=O) groups is 1. The number of rotatable bonds is 4. The summed E-state index contributed by atoms with van der Waals surface area (Å²) < 4.78 is 0. The first kappa shape index (κ1) is 20.1. The number of nitrogens with zero attached hydrogens (tertiary/aromatic N) is 3. The van der Waals surface area contributed by atoms with Crippen LogP contribution < -0.4 is 5.32 Å². The molecule has 0 radical (unpaired) electrons. The minimum Gasteiger partial charge on any atom is -0.329 e. The van der Waals surface area contributed by atoms with Gasteiger partial charge in [0.2, 0.25) is 0 Å². The second-order valence-electron chi connectivity index (χ2n) is 6.49. The van der Waals surface area contributed by atoms with Crippen molar-refractivity contribution >= 4 is 42.1 Å². The Morgan fingerprint density at radius 2 is 2.12 bits per heavy atom. The highest BCUT2D eigenvalue weighted by atomic mass is 35.5. The first-order valence-corrected chi connectivity index (χ1v) is 9.02. The topological polar surface area (TPSA) is 58.1 Å². The van der Waals surface area contributed by atoms with Gasteiger partial charge in [-0.05, 0) is 60.2 Å². The summed E-state index contributed by atoms with van der Waals surface area (Å²) in [7, 11) is 0. The molecule has 2 fully saturated rings. The second kappa shape index (κ2) is 8.45. The van der Waals surface area contributed by atoms with Crippen LogP contribution in [0.3, 0.4) is 0 Å². The Bertz CT molecular complexity index is 677. The summed E-state index contributed by atoms with van der Waals surface area (Å²) in [6, 6.07) is 2.43. The van der Waals surface area contributed by atoms with Gasteiger partial charge in [0, 0.05) is 25.0 Å². The number of halogens is 2. The smallest absolute Gasteiger partial charge is 0.274 e. The molecular formula is C17H22Cl2N4OS. The van der Waals surface area contributed by atoms with E-state index in [9.17, 15) is 4.79 Å². The minimum absolute atomic E-state index is 0. The van der Waals surface area contributed by atoms with Gasteiger partial charge in [-0.2, -0.15) is 11.3 Å². The summed E-state index contributed by atoms with van der Waals surface area (Å²) in [5, 5.41) is 7.60. The van der Waals surface area contributed by atoms with E-state index >= 15 is 0 Å². The molecular weight excluding hydrogens is 379 g/mol. The van der Waals surface area contributed by atoms with Crippen molar-refractivity contribution in [2.45, 2.75) is 31.8 Å². The standard InChI is InChI=1S/C17H20N4OS.2ClH/c22-16(14-10-19-6-7-20-14)21(11-13-1-8-23-12-13)15-9-17(15)2-4-18-5-3-17;;/h1,6-8,10,12,15,18H,2-5,9,11H2;2*1H. The lowest BCUT2D eigenvalue weighted by molar-refractivity contribution is 0.0686. The number of hydrogen-bond donors (Lipinski definition) is 1. The molecule has 2 aromatic rings. The summed E-state index contributed by atoms with van der Waals surface area (Å²) in [4.78, 5) is 23.3. The maximum atomic E-state index is 13.0. The molecule has 1 amide bonds. The number of nitrogens with one attached hydrogen (secondary N) is 1. The third-order valence-corrected chi connectivity index (χ3v) is 5.83. The van der Waals surface area contributed by atoms with Crippen molar-refractivity contribution in [2.75, 3.05) is 13.1 Å². The largest absolute Gasteiger partial charge is 0.329 e. The first-order valence-electron chi connectivity index (χ1n) is 8.07. The summed E-state index contributed by atoms with van der Waals surface area (Å²) in [6.07, 6.45) is 8.19. The zero-order chi connectivity index (χ0) is 15.7. The first-order chi connectivity index (χ1) is 11.3. The number of aromatic nitrogens is 2. The van der Waals surface area contributed by atoms with Crippen molar-refractivity contribution in [1.29, 1.82) is 0 Å². The highest BCUT2D eigenvalue weighted by Gasteiger charge is 2.57. The molecule has 0 aromatic carbocycles. The van der Waals surface area contributed by atoms with Crippen LogP contribution in [-0.2, 0) is 6.54 Å². The van der Waals surface area contributed by atoms with Gasteiger partial charge >= 0.3 is 0 Å². The Hall–Kier alpha value is -1.21. The molecule has 1 unspecified atom stereocenters. The number of thiophene rings is 1. The lowest BCUT2D eigenvalue weighted by Gasteiger charge is -2.29. The van der Waals surface area contributed by atoms with Crippen molar-refractivity contribution in [3.8, 4) is 0 Å². The zero-order valence-corrected chi connectivity index (χ0v) is 16.2. The molecule has 1 N–H and O–H groups in total. The van der Waals surface area contributed by atoms with E-state index in [1.165, 1.54) is 5.56 Å². The van der Waals surface area contributed by atoms with Crippen molar-refractivity contribution < 1.29 is 4.79 Å². The van der Waals surface area contributed by atoms with Gasteiger partial charge in [-0.15, -0.1) is 24.8 Å². The molecule has 2 aliphatic rings. The normalized spacial score (nSPS) is 20.2. The number of carbonyl (C=O) groups excluding carboxylic acids is 1. The summed E-state index contributed by atoms with van der Waals surface area (Å²) >= 11 is 1.67. The molecule has 1 aliphatic heterocycles. The SMILES string of the molecule is Cl.Cl.O=C(c1cnccn1)N(Cc1ccsc1)C1CC12CCNCC2. The molecule has 1 aliphatic carbocycles. The molecule has 0 bridgehead atoms. The van der Waals surface area contributed by atoms with E-state index in [0.29, 0.717) is 23.7 Å². The Kier molecular flexibility index (Phi) is 6.79. The van der Waals surface area contributed by atoms with Gasteiger partial charge in [-0.3, -0.25) is 9.78 Å². The molecule has 2 aromatic heterocycles. The predicted octanol–water partition coefficient (Wildman–Crippen LogP) is 3.17. The Morgan fingerprint density at radius 3 is 2.76 bits per heavy atom. The highest BCUT2D eigenvalue weighted by Crippen LogP contribution is 2.56. The van der Waals surface area contributed by atoms with Crippen LogP contribution in [0.1, 0.15) is 35.3 Å². The summed E-state index contributed by atoms with van der Waals surface area (Å²) in [5.41, 5.74) is 1.96. The number of amides is 1. The van der Waals surface area contributed by atoms with E-state index < -0.39 is 0 Å². The maximum absolute atomic E-state index is 13.0. The molecule has 8 heteroatoms. The van der Waals surface area contributed by atoms with E-state index in [1.54, 1.807) is 29.9 Å². The van der Waals surface area contributed by atoms with Crippen molar-refractivity contribution in [1.82, 2.24) is 20.2 Å². The van der Waals surface area contributed by atoms with Crippen LogP contribution in [0, 0.1) is 5.41 Å². The van der Waals surface area contributed by atoms with Gasteiger partial charge in [0.1, 0.15) is 5.69 Å². The minimum atomic E-state index is 0. The third-order valence-electron chi connectivity index (χ3n) is 5.10. The fraction of sp³-hybridized carbons (Fsp3) is 0.471. The average Bonchev–Trinajstić information content (AvgIpc) is 3.04. The van der Waals surface area contributed by atoms with Gasteiger partial charge in [0.05, 0.1) is 6.20 Å². The second-order valence-corrected chi connectivity index (χ2v) is 7.27. The van der Waals surface area contributed by atoms with Crippen molar-refractivity contribution in [3.63, 3.8) is 0 Å². The van der Waals surface area contributed by atoms with E-state index in [-0.39, 0.29) is 30.7 Å². The zero-order valence-electron chi connectivity index (χ0n) is 13.8. The van der Waals surface area contributed by atoms with Crippen molar-refractivity contribution in [3.05, 3.63) is 46.7 Å². The van der Waals surface area contributed by atoms with Crippen molar-refractivity contribution in [2.24, 2.45) is 5.41 Å². The highest BCUT2D eigenvalue weighted by molar-refractivity contribution is 7.07. The molecule has 1 saturated carbocycles. The Morgan fingerprint density at radius 1 is 1.32 bits per heavy atom. The summed E-state index contributed by atoms with van der Waals surface area (Å²) in [5.74, 6) is 0.00436. The van der Waals surface area contributed by atoms with Gasteiger partial charge in [0.15, 0.2) is 0 Å². The van der Waals surface area contributed by atoms with Crippen LogP contribution in [0.5, 0.6) is 0 Å². The fourth-order valence-electron chi connectivity index (χ4n) is 3.69. The van der Waals surface area contributed by atoms with E-state index in [1.807, 2.05) is 4.90 Å². The fourth-order valence-corrected chi connectivity index (χ4v) is 4.35. The van der Waals surface area contributed by atoms with Crippen LogP contribution >= 0.6 is 36.2 Å². The van der Waals surface area contributed by atoms with Gasteiger partial charge in [-0.25, -0.2) is 4.98 Å². The maximum Gasteiger partial charge on any atom is 0.274 e. The van der Waals surface area contributed by atoms with Crippen LogP contribution in [-0.4, -0.2) is 39.9 Å². The molecule has 25 heavy (non-hydrogen) atoms. The Balaban J connectivity index is 0.00000113. The van der Waals surface area contributed by atoms with Gasteiger partial charge in [-0.1, -0.05) is 0 Å². The molecule has 5 nitrogen and oxygen atoms in total. The van der Waals surface area contributed by atoms with Gasteiger partial charge < -0.3 is 10.2 Å². The lowest BCUT2D eigenvalue weighted by Crippen LogP contribution is -2.39. The monoisotopic (exact) mass is 400 g/mol. The molecule has 1 spiro atoms.